The maximum atomic E-state index is 14.4. The van der Waals surface area contributed by atoms with E-state index in [4.69, 9.17) is 16.3 Å². The number of nitro benzene ring substituents is 1. The van der Waals surface area contributed by atoms with Crippen LogP contribution in [0.4, 0.5) is 20.6 Å². The van der Waals surface area contributed by atoms with E-state index in [9.17, 15) is 32.5 Å². The molecule has 0 atom stereocenters. The molecule has 0 bridgehead atoms. The molecule has 2 aromatic rings. The molecule has 0 aliphatic carbocycles. The number of ether oxygens (including phenoxy) is 1. The number of urea groups is 1. The van der Waals surface area contributed by atoms with Gasteiger partial charge in [0.1, 0.15) is 17.3 Å². The zero-order valence-corrected chi connectivity index (χ0v) is 18.2. The molecule has 2 N–H and O–H groups in total. The number of anilines is 1. The van der Waals surface area contributed by atoms with Crippen LogP contribution in [0.25, 0.3) is 0 Å². The molecule has 0 unspecified atom stereocenters. The number of halogens is 2. The van der Waals surface area contributed by atoms with Crippen molar-refractivity contribution in [2.75, 3.05) is 31.1 Å². The summed E-state index contributed by atoms with van der Waals surface area (Å²) in [6, 6.07) is 6.43. The van der Waals surface area contributed by atoms with Crippen LogP contribution >= 0.6 is 11.6 Å². The number of nitro groups is 1. The number of amides is 3. The fourth-order valence-electron chi connectivity index (χ4n) is 2.48. The van der Waals surface area contributed by atoms with E-state index < -0.39 is 55.5 Å². The first kappa shape index (κ1) is 25.0. The van der Waals surface area contributed by atoms with E-state index in [0.29, 0.717) is 10.4 Å². The average Bonchev–Trinajstić information content (AvgIpc) is 2.72. The molecule has 0 fully saturated rings. The van der Waals surface area contributed by atoms with E-state index in [1.54, 1.807) is 0 Å². The Morgan fingerprint density at radius 1 is 1.25 bits per heavy atom. The monoisotopic (exact) mass is 488 g/mol. The van der Waals surface area contributed by atoms with Crippen molar-refractivity contribution in [3.8, 4) is 0 Å². The normalized spacial score (nSPS) is 11.0. The van der Waals surface area contributed by atoms with Crippen LogP contribution in [0.3, 0.4) is 0 Å². The molecule has 0 radical (unpaired) electrons. The lowest BCUT2D eigenvalue weighted by Crippen LogP contribution is -2.47. The Labute approximate surface area is 187 Å². The van der Waals surface area contributed by atoms with Crippen molar-refractivity contribution in [1.29, 1.82) is 0 Å². The number of imide groups is 1. The van der Waals surface area contributed by atoms with Crippen LogP contribution in [0.15, 0.2) is 47.4 Å². The van der Waals surface area contributed by atoms with Gasteiger partial charge in [0.25, 0.3) is 15.7 Å². The zero-order valence-electron chi connectivity index (χ0n) is 16.6. The Kier molecular flexibility index (Phi) is 8.46. The first-order valence-electron chi connectivity index (χ1n) is 8.85. The van der Waals surface area contributed by atoms with Gasteiger partial charge in [-0.15, -0.1) is 0 Å². The highest BCUT2D eigenvalue weighted by atomic mass is 35.5. The minimum absolute atomic E-state index is 0.0776. The van der Waals surface area contributed by atoms with Gasteiger partial charge >= 0.3 is 6.03 Å². The minimum atomic E-state index is -4.77. The smallest absolute Gasteiger partial charge is 0.321 e. The number of para-hydroxylation sites is 1. The van der Waals surface area contributed by atoms with Crippen molar-refractivity contribution >= 4 is 44.9 Å². The van der Waals surface area contributed by atoms with Gasteiger partial charge in [-0.3, -0.25) is 24.5 Å². The molecular weight excluding hydrogens is 471 g/mol. The standard InChI is InChI=1S/C18H18ClFN4O7S/c1-31-9-8-21-18(26)22-17(25)11-23(15-5-3-2-4-14(15)20)32(29,30)16-10-12(24(27)28)6-7-13(16)19/h2-7,10H,8-9,11H2,1H3,(H2,21,22,25,26). The molecule has 0 aromatic heterocycles. The van der Waals surface area contributed by atoms with Crippen LogP contribution in [-0.2, 0) is 19.6 Å². The maximum Gasteiger partial charge on any atom is 0.321 e. The number of carbonyl (C=O) groups is 2. The summed E-state index contributed by atoms with van der Waals surface area (Å²) >= 11 is 5.95. The molecule has 2 rings (SSSR count). The Balaban J connectivity index is 2.43. The van der Waals surface area contributed by atoms with Crippen molar-refractivity contribution < 1.29 is 32.1 Å². The van der Waals surface area contributed by atoms with E-state index in [-0.39, 0.29) is 18.2 Å². The topological polar surface area (TPSA) is 148 Å². The molecule has 32 heavy (non-hydrogen) atoms. The summed E-state index contributed by atoms with van der Waals surface area (Å²) in [4.78, 5) is 33.6. The highest BCUT2D eigenvalue weighted by molar-refractivity contribution is 7.93. The summed E-state index contributed by atoms with van der Waals surface area (Å²) in [5.41, 5.74) is -1.10. The van der Waals surface area contributed by atoms with Crippen LogP contribution in [0.5, 0.6) is 0 Å². The molecule has 172 valence electrons. The lowest BCUT2D eigenvalue weighted by atomic mass is 10.3. The molecule has 0 saturated heterocycles. The quantitative estimate of drug-likeness (QED) is 0.312. The fourth-order valence-corrected chi connectivity index (χ4v) is 4.41. The van der Waals surface area contributed by atoms with Crippen molar-refractivity contribution in [2.24, 2.45) is 0 Å². The largest absolute Gasteiger partial charge is 0.383 e. The molecule has 0 spiro atoms. The number of rotatable bonds is 9. The molecule has 11 nitrogen and oxygen atoms in total. The highest BCUT2D eigenvalue weighted by Gasteiger charge is 2.32. The van der Waals surface area contributed by atoms with Gasteiger partial charge in [-0.05, 0) is 18.2 Å². The SMILES string of the molecule is COCCNC(=O)NC(=O)CN(c1ccccc1F)S(=O)(=O)c1cc([N+](=O)[O-])ccc1Cl. The summed E-state index contributed by atoms with van der Waals surface area (Å²) in [7, 11) is -3.37. The summed E-state index contributed by atoms with van der Waals surface area (Å²) in [5, 5.41) is 14.9. The highest BCUT2D eigenvalue weighted by Crippen LogP contribution is 2.32. The predicted molar refractivity (Wildman–Crippen MR) is 112 cm³/mol. The number of benzene rings is 2. The summed E-state index contributed by atoms with van der Waals surface area (Å²) in [5.74, 6) is -2.08. The number of methoxy groups -OCH3 is 1. The number of hydrogen-bond acceptors (Lipinski definition) is 7. The maximum absolute atomic E-state index is 14.4. The third-order valence-electron chi connectivity index (χ3n) is 3.95. The summed E-state index contributed by atoms with van der Waals surface area (Å²) < 4.78 is 46.1. The van der Waals surface area contributed by atoms with E-state index in [0.717, 1.165) is 24.3 Å². The van der Waals surface area contributed by atoms with Gasteiger partial charge in [-0.25, -0.2) is 17.6 Å². The predicted octanol–water partition coefficient (Wildman–Crippen LogP) is 2.05. The van der Waals surface area contributed by atoms with Crippen molar-refractivity contribution in [3.63, 3.8) is 0 Å². The van der Waals surface area contributed by atoms with Gasteiger partial charge < -0.3 is 10.1 Å². The van der Waals surface area contributed by atoms with Gasteiger partial charge in [0.15, 0.2) is 0 Å². The number of hydrogen-bond donors (Lipinski definition) is 2. The first-order valence-corrected chi connectivity index (χ1v) is 10.7. The lowest BCUT2D eigenvalue weighted by Gasteiger charge is -2.24. The minimum Gasteiger partial charge on any atom is -0.383 e. The molecule has 3 amide bonds. The number of carbonyl (C=O) groups excluding carboxylic acids is 2. The zero-order chi connectivity index (χ0) is 23.9. The molecule has 0 aliphatic rings. The van der Waals surface area contributed by atoms with Crippen LogP contribution in [-0.4, -0.2) is 52.1 Å². The Morgan fingerprint density at radius 2 is 1.94 bits per heavy atom. The van der Waals surface area contributed by atoms with Crippen LogP contribution in [0.2, 0.25) is 5.02 Å². The second-order valence-electron chi connectivity index (χ2n) is 6.13. The van der Waals surface area contributed by atoms with Gasteiger partial charge in [0, 0.05) is 25.8 Å². The van der Waals surface area contributed by atoms with Crippen molar-refractivity contribution in [3.05, 3.63) is 63.4 Å². The van der Waals surface area contributed by atoms with Crippen molar-refractivity contribution in [2.45, 2.75) is 4.90 Å². The lowest BCUT2D eigenvalue weighted by molar-refractivity contribution is -0.385. The second kappa shape index (κ2) is 10.8. The number of nitrogens with zero attached hydrogens (tertiary/aromatic N) is 2. The Morgan fingerprint density at radius 3 is 2.56 bits per heavy atom. The van der Waals surface area contributed by atoms with E-state index in [1.165, 1.54) is 19.2 Å². The second-order valence-corrected chi connectivity index (χ2v) is 8.37. The van der Waals surface area contributed by atoms with Crippen molar-refractivity contribution in [1.82, 2.24) is 10.6 Å². The molecule has 2 aromatic carbocycles. The molecular formula is C18H18ClFN4O7S. The van der Waals surface area contributed by atoms with Gasteiger partial charge in [-0.1, -0.05) is 23.7 Å². The van der Waals surface area contributed by atoms with Gasteiger partial charge in [-0.2, -0.15) is 0 Å². The molecule has 0 heterocycles. The third kappa shape index (κ3) is 6.12. The Bertz CT molecular complexity index is 1130. The number of nitrogens with one attached hydrogen (secondary N) is 2. The van der Waals surface area contributed by atoms with E-state index in [1.807, 2.05) is 5.32 Å². The fraction of sp³-hybridized carbons (Fsp3) is 0.222. The Hall–Kier alpha value is -3.29. The first-order chi connectivity index (χ1) is 15.1. The number of sulfonamides is 1. The number of non-ortho nitro benzene ring substituents is 1. The van der Waals surface area contributed by atoms with Crippen LogP contribution in [0, 0.1) is 15.9 Å². The van der Waals surface area contributed by atoms with Gasteiger partial charge in [0.05, 0.1) is 22.2 Å². The van der Waals surface area contributed by atoms with Gasteiger partial charge in [0.2, 0.25) is 5.91 Å². The van der Waals surface area contributed by atoms with Crippen LogP contribution in [0.1, 0.15) is 0 Å². The van der Waals surface area contributed by atoms with Crippen LogP contribution < -0.4 is 14.9 Å². The summed E-state index contributed by atoms with van der Waals surface area (Å²) in [6.45, 7) is -0.767. The van der Waals surface area contributed by atoms with E-state index in [2.05, 4.69) is 5.32 Å². The molecule has 0 aliphatic heterocycles. The third-order valence-corrected chi connectivity index (χ3v) is 6.19. The average molecular weight is 489 g/mol. The molecule has 14 heteroatoms. The van der Waals surface area contributed by atoms with E-state index >= 15 is 0 Å². The molecule has 0 saturated carbocycles. The summed E-state index contributed by atoms with van der Waals surface area (Å²) in [6.07, 6.45) is 0.